The molecule has 3 rings (SSSR count). The first-order valence-corrected chi connectivity index (χ1v) is 9.16. The van der Waals surface area contributed by atoms with Gasteiger partial charge in [0.15, 0.2) is 0 Å². The topological polar surface area (TPSA) is 58.6 Å². The standard InChI is InChI=1S/C19H22N2O3S.ClH/c1-12(2)21-10-9-14-15(11-21)25-18(16(14)19(23)24-3)20-17(22)13-7-5-4-6-8-13;/h4-8,12H,9-11H2,1-3H3,(H,20,22);1H. The third-order valence-electron chi connectivity index (χ3n) is 4.47. The summed E-state index contributed by atoms with van der Waals surface area (Å²) in [6.45, 7) is 6.02. The minimum atomic E-state index is -0.390. The van der Waals surface area contributed by atoms with Crippen molar-refractivity contribution in [2.45, 2.75) is 32.9 Å². The van der Waals surface area contributed by atoms with Crippen molar-refractivity contribution in [1.29, 1.82) is 0 Å². The average Bonchev–Trinajstić information content (AvgIpc) is 2.98. The molecule has 1 aliphatic rings. The van der Waals surface area contributed by atoms with Gasteiger partial charge in [0, 0.05) is 29.6 Å². The summed E-state index contributed by atoms with van der Waals surface area (Å²) >= 11 is 1.48. The molecule has 5 nitrogen and oxygen atoms in total. The van der Waals surface area contributed by atoms with Crippen molar-refractivity contribution >= 4 is 40.6 Å². The lowest BCUT2D eigenvalue weighted by molar-refractivity contribution is 0.0600. The molecule has 0 saturated heterocycles. The van der Waals surface area contributed by atoms with E-state index in [2.05, 4.69) is 24.1 Å². The van der Waals surface area contributed by atoms with Crippen LogP contribution in [0.25, 0.3) is 0 Å². The summed E-state index contributed by atoms with van der Waals surface area (Å²) in [6.07, 6.45) is 0.787. The number of carbonyl (C=O) groups excluding carboxylic acids is 2. The predicted molar refractivity (Wildman–Crippen MR) is 107 cm³/mol. The number of hydrogen-bond donors (Lipinski definition) is 1. The number of thiophene rings is 1. The monoisotopic (exact) mass is 394 g/mol. The van der Waals surface area contributed by atoms with Crippen LogP contribution in [0.1, 0.15) is 45.0 Å². The van der Waals surface area contributed by atoms with Crippen LogP contribution in [0.5, 0.6) is 0 Å². The van der Waals surface area contributed by atoms with Crippen LogP contribution in [-0.2, 0) is 17.7 Å². The van der Waals surface area contributed by atoms with Crippen molar-refractivity contribution in [2.75, 3.05) is 19.0 Å². The van der Waals surface area contributed by atoms with E-state index in [0.29, 0.717) is 22.2 Å². The van der Waals surface area contributed by atoms with Crippen LogP contribution in [0.4, 0.5) is 5.00 Å². The van der Waals surface area contributed by atoms with Crippen molar-refractivity contribution in [3.63, 3.8) is 0 Å². The molecular weight excluding hydrogens is 372 g/mol. The van der Waals surface area contributed by atoms with E-state index in [-0.39, 0.29) is 24.3 Å². The quantitative estimate of drug-likeness (QED) is 0.797. The van der Waals surface area contributed by atoms with Gasteiger partial charge in [-0.25, -0.2) is 4.79 Å². The van der Waals surface area contributed by atoms with Crippen LogP contribution < -0.4 is 5.32 Å². The lowest BCUT2D eigenvalue weighted by Gasteiger charge is -2.30. The van der Waals surface area contributed by atoms with E-state index in [1.807, 2.05) is 18.2 Å². The number of esters is 1. The zero-order chi connectivity index (χ0) is 18.0. The van der Waals surface area contributed by atoms with Crippen LogP contribution in [-0.4, -0.2) is 36.5 Å². The second-order valence-corrected chi connectivity index (χ2v) is 7.44. The van der Waals surface area contributed by atoms with Crippen molar-refractivity contribution < 1.29 is 14.3 Å². The number of methoxy groups -OCH3 is 1. The number of nitrogens with one attached hydrogen (secondary N) is 1. The number of carbonyl (C=O) groups is 2. The Balaban J connectivity index is 0.00000243. The lowest BCUT2D eigenvalue weighted by Crippen LogP contribution is -2.35. The lowest BCUT2D eigenvalue weighted by atomic mass is 10.0. The molecule has 0 bridgehead atoms. The summed E-state index contributed by atoms with van der Waals surface area (Å²) in [5.74, 6) is -0.607. The van der Waals surface area contributed by atoms with Gasteiger partial charge in [-0.3, -0.25) is 9.69 Å². The zero-order valence-electron chi connectivity index (χ0n) is 15.1. The first-order valence-electron chi connectivity index (χ1n) is 8.34. The summed E-state index contributed by atoms with van der Waals surface area (Å²) in [5, 5.41) is 3.48. The molecule has 1 aromatic carbocycles. The van der Waals surface area contributed by atoms with E-state index in [0.717, 1.165) is 30.0 Å². The highest BCUT2D eigenvalue weighted by Gasteiger charge is 2.30. The number of benzene rings is 1. The van der Waals surface area contributed by atoms with Gasteiger partial charge in [0.05, 0.1) is 12.7 Å². The summed E-state index contributed by atoms with van der Waals surface area (Å²) in [6, 6.07) is 9.44. The Hall–Kier alpha value is -1.89. The van der Waals surface area contributed by atoms with Gasteiger partial charge in [-0.15, -0.1) is 23.7 Å². The minimum absolute atomic E-state index is 0. The first kappa shape index (κ1) is 20.4. The molecule has 1 amide bonds. The third kappa shape index (κ3) is 4.09. The van der Waals surface area contributed by atoms with E-state index in [1.54, 1.807) is 12.1 Å². The second kappa shape index (κ2) is 8.66. The maximum absolute atomic E-state index is 12.5. The molecule has 0 unspecified atom stereocenters. The van der Waals surface area contributed by atoms with E-state index < -0.39 is 0 Å². The fourth-order valence-corrected chi connectivity index (χ4v) is 4.29. The van der Waals surface area contributed by atoms with Crippen LogP contribution in [0.3, 0.4) is 0 Å². The highest BCUT2D eigenvalue weighted by molar-refractivity contribution is 7.17. The molecule has 0 atom stereocenters. The third-order valence-corrected chi connectivity index (χ3v) is 5.60. The van der Waals surface area contributed by atoms with Gasteiger partial charge < -0.3 is 10.1 Å². The Bertz CT molecular complexity index is 790. The largest absolute Gasteiger partial charge is 0.465 e. The van der Waals surface area contributed by atoms with E-state index in [1.165, 1.54) is 18.4 Å². The van der Waals surface area contributed by atoms with Gasteiger partial charge in [-0.2, -0.15) is 0 Å². The van der Waals surface area contributed by atoms with Gasteiger partial charge in [0.1, 0.15) is 5.00 Å². The molecule has 0 saturated carbocycles. The zero-order valence-corrected chi connectivity index (χ0v) is 16.7. The van der Waals surface area contributed by atoms with Crippen LogP contribution in [0, 0.1) is 0 Å². The summed E-state index contributed by atoms with van der Waals surface area (Å²) in [4.78, 5) is 28.3. The molecule has 7 heteroatoms. The van der Waals surface area contributed by atoms with Gasteiger partial charge in [0.25, 0.3) is 5.91 Å². The van der Waals surface area contributed by atoms with Crippen molar-refractivity contribution in [2.24, 2.45) is 0 Å². The summed E-state index contributed by atoms with van der Waals surface area (Å²) < 4.78 is 4.97. The number of hydrogen-bond acceptors (Lipinski definition) is 5. The van der Waals surface area contributed by atoms with Crippen LogP contribution in [0.2, 0.25) is 0 Å². The number of nitrogens with zero attached hydrogens (tertiary/aromatic N) is 1. The number of halogens is 1. The molecule has 1 N–H and O–H groups in total. The Morgan fingerprint density at radius 2 is 1.92 bits per heavy atom. The van der Waals surface area contributed by atoms with Gasteiger partial charge in [0.2, 0.25) is 0 Å². The molecular formula is C19H23ClN2O3S. The van der Waals surface area contributed by atoms with Gasteiger partial charge in [-0.05, 0) is 38.0 Å². The Morgan fingerprint density at radius 1 is 1.23 bits per heavy atom. The molecule has 1 aromatic heterocycles. The second-order valence-electron chi connectivity index (χ2n) is 6.33. The summed E-state index contributed by atoms with van der Waals surface area (Å²) in [5.41, 5.74) is 2.08. The fourth-order valence-electron chi connectivity index (χ4n) is 3.03. The SMILES string of the molecule is COC(=O)c1c(NC(=O)c2ccccc2)sc2c1CCN(C(C)C)C2.Cl. The molecule has 26 heavy (non-hydrogen) atoms. The number of fused-ring (bicyclic) bond motifs is 1. The normalized spacial score (nSPS) is 13.7. The first-order chi connectivity index (χ1) is 12.0. The summed E-state index contributed by atoms with van der Waals surface area (Å²) in [7, 11) is 1.37. The van der Waals surface area contributed by atoms with E-state index in [4.69, 9.17) is 4.74 Å². The number of amides is 1. The van der Waals surface area contributed by atoms with Crippen molar-refractivity contribution in [3.8, 4) is 0 Å². The highest BCUT2D eigenvalue weighted by Crippen LogP contribution is 2.38. The van der Waals surface area contributed by atoms with Crippen LogP contribution >= 0.6 is 23.7 Å². The molecule has 2 heterocycles. The molecule has 1 aliphatic heterocycles. The average molecular weight is 395 g/mol. The maximum atomic E-state index is 12.5. The Kier molecular flexibility index (Phi) is 6.81. The van der Waals surface area contributed by atoms with E-state index in [9.17, 15) is 9.59 Å². The van der Waals surface area contributed by atoms with Crippen LogP contribution in [0.15, 0.2) is 30.3 Å². The smallest absolute Gasteiger partial charge is 0.341 e. The fraction of sp³-hybridized carbons (Fsp3) is 0.368. The molecule has 0 aliphatic carbocycles. The number of ether oxygens (including phenoxy) is 1. The number of rotatable bonds is 4. The predicted octanol–water partition coefficient (Wildman–Crippen LogP) is 3.98. The Morgan fingerprint density at radius 3 is 2.54 bits per heavy atom. The van der Waals surface area contributed by atoms with Crippen molar-refractivity contribution in [3.05, 3.63) is 51.9 Å². The molecule has 2 aromatic rings. The van der Waals surface area contributed by atoms with Gasteiger partial charge in [-0.1, -0.05) is 18.2 Å². The Labute approximate surface area is 163 Å². The number of anilines is 1. The molecule has 0 spiro atoms. The van der Waals surface area contributed by atoms with Gasteiger partial charge >= 0.3 is 5.97 Å². The minimum Gasteiger partial charge on any atom is -0.465 e. The highest BCUT2D eigenvalue weighted by atomic mass is 35.5. The molecule has 0 radical (unpaired) electrons. The maximum Gasteiger partial charge on any atom is 0.341 e. The molecule has 0 fully saturated rings. The molecule has 140 valence electrons. The van der Waals surface area contributed by atoms with Crippen molar-refractivity contribution in [1.82, 2.24) is 4.90 Å². The van der Waals surface area contributed by atoms with E-state index >= 15 is 0 Å².